The molecule has 1 amide bonds. The molecule has 3 aliphatic rings. The van der Waals surface area contributed by atoms with Gasteiger partial charge in [0, 0.05) is 29.9 Å². The molecule has 4 rings (SSSR count). The van der Waals surface area contributed by atoms with Crippen LogP contribution >= 0.6 is 0 Å². The lowest BCUT2D eigenvalue weighted by Crippen LogP contribution is -2.64. The Balaban J connectivity index is 2.05. The summed E-state index contributed by atoms with van der Waals surface area (Å²) < 4.78 is 5.47. The smallest absolute Gasteiger partial charge is 0.330 e. The molecule has 0 aromatic heterocycles. The predicted molar refractivity (Wildman–Crippen MR) is 112 cm³/mol. The summed E-state index contributed by atoms with van der Waals surface area (Å²) in [6, 6.07) is 4.44. The van der Waals surface area contributed by atoms with E-state index >= 15 is 0 Å². The normalized spacial score (nSPS) is 30.8. The van der Waals surface area contributed by atoms with Crippen molar-refractivity contribution >= 4 is 29.2 Å². The highest BCUT2D eigenvalue weighted by molar-refractivity contribution is 6.23. The number of Topliss-reactive ketones (excluding diaryl/α,β-unsaturated/α-hetero) is 2. The fourth-order valence-corrected chi connectivity index (χ4v) is 5.26. The van der Waals surface area contributed by atoms with E-state index in [1.807, 2.05) is 0 Å². The van der Waals surface area contributed by atoms with Gasteiger partial charge in [0.1, 0.15) is 28.9 Å². The third-order valence-corrected chi connectivity index (χ3v) is 6.75. The van der Waals surface area contributed by atoms with Crippen LogP contribution in [0.25, 0.3) is 5.76 Å². The number of aromatic hydroxyl groups is 1. The maximum absolute atomic E-state index is 13.6. The van der Waals surface area contributed by atoms with Crippen LogP contribution in [0.2, 0.25) is 0 Å². The average Bonchev–Trinajstić information content (AvgIpc) is 2.75. The summed E-state index contributed by atoms with van der Waals surface area (Å²) >= 11 is 0. The molecule has 0 radical (unpaired) electrons. The zero-order chi connectivity index (χ0) is 24.4. The van der Waals surface area contributed by atoms with Gasteiger partial charge >= 0.3 is 5.97 Å². The summed E-state index contributed by atoms with van der Waals surface area (Å²) in [6.45, 7) is 4.99. The lowest BCUT2D eigenvalue weighted by atomic mass is 9.55. The van der Waals surface area contributed by atoms with Crippen molar-refractivity contribution in [2.24, 2.45) is 17.6 Å². The van der Waals surface area contributed by atoms with Gasteiger partial charge in [-0.1, -0.05) is 25.6 Å². The van der Waals surface area contributed by atoms with E-state index in [1.54, 1.807) is 13.0 Å². The van der Waals surface area contributed by atoms with Crippen molar-refractivity contribution in [1.82, 2.24) is 0 Å². The van der Waals surface area contributed by atoms with E-state index in [-0.39, 0.29) is 11.3 Å². The Morgan fingerprint density at radius 2 is 1.91 bits per heavy atom. The molecule has 172 valence electrons. The van der Waals surface area contributed by atoms with Crippen LogP contribution < -0.4 is 5.73 Å². The van der Waals surface area contributed by atoms with E-state index < -0.39 is 82.0 Å². The number of ether oxygens (including phenoxy) is 1. The van der Waals surface area contributed by atoms with Crippen LogP contribution in [0.1, 0.15) is 30.4 Å². The number of aliphatic hydroxyl groups excluding tert-OH is 2. The van der Waals surface area contributed by atoms with Gasteiger partial charge in [0.25, 0.3) is 5.91 Å². The number of aliphatic hydroxyl groups is 3. The first-order valence-electron chi connectivity index (χ1n) is 10.1. The van der Waals surface area contributed by atoms with Crippen molar-refractivity contribution in [3.63, 3.8) is 0 Å². The third kappa shape index (κ3) is 2.83. The SMILES string of the molecule is C=CC(=O)O[C@H]1[C@H]2C(=C(O)c3c(O)cccc3[C@@H]2C)C(=O)[C@]2(O)C(O)=C(C(N)=O)C(=O)C[C@H]12. The summed E-state index contributed by atoms with van der Waals surface area (Å²) in [6.07, 6.45) is -1.17. The molecule has 5 atom stereocenters. The number of primary amides is 1. The molecule has 0 heterocycles. The molecule has 10 heteroatoms. The number of amides is 1. The highest BCUT2D eigenvalue weighted by atomic mass is 16.5. The molecule has 0 saturated heterocycles. The van der Waals surface area contributed by atoms with Crippen LogP contribution in [0.4, 0.5) is 0 Å². The van der Waals surface area contributed by atoms with E-state index in [0.29, 0.717) is 5.56 Å². The van der Waals surface area contributed by atoms with Crippen molar-refractivity contribution in [3.05, 3.63) is 58.9 Å². The Bertz CT molecular complexity index is 1210. The Hall–Kier alpha value is -3.92. The Morgan fingerprint density at radius 1 is 1.24 bits per heavy atom. The van der Waals surface area contributed by atoms with E-state index in [0.717, 1.165) is 6.08 Å². The molecular weight excluding hydrogens is 434 g/mol. The van der Waals surface area contributed by atoms with Crippen molar-refractivity contribution in [2.45, 2.75) is 31.0 Å². The number of ketones is 2. The maximum Gasteiger partial charge on any atom is 0.330 e. The molecule has 1 aromatic carbocycles. The topological polar surface area (TPSA) is 184 Å². The summed E-state index contributed by atoms with van der Waals surface area (Å²) in [5, 5.41) is 43.5. The minimum absolute atomic E-state index is 0.0501. The van der Waals surface area contributed by atoms with Crippen molar-refractivity contribution in [2.75, 3.05) is 0 Å². The van der Waals surface area contributed by atoms with Crippen LogP contribution in [0.3, 0.4) is 0 Å². The highest BCUT2D eigenvalue weighted by Crippen LogP contribution is 2.56. The number of phenolic OH excluding ortho intramolecular Hbond substituents is 1. The number of benzene rings is 1. The van der Waals surface area contributed by atoms with Crippen LogP contribution in [0, 0.1) is 11.8 Å². The van der Waals surface area contributed by atoms with Gasteiger partial charge in [-0.3, -0.25) is 14.4 Å². The number of nitrogens with two attached hydrogens (primary N) is 1. The van der Waals surface area contributed by atoms with E-state index in [9.17, 15) is 39.6 Å². The number of carbonyl (C=O) groups is 4. The first kappa shape index (κ1) is 22.3. The number of rotatable bonds is 3. The second kappa shape index (κ2) is 7.31. The first-order valence-corrected chi connectivity index (χ1v) is 10.1. The second-order valence-corrected chi connectivity index (χ2v) is 8.34. The largest absolute Gasteiger partial charge is 0.508 e. The molecule has 1 saturated carbocycles. The van der Waals surface area contributed by atoms with Crippen molar-refractivity contribution < 1.29 is 44.3 Å². The quantitative estimate of drug-likeness (QED) is 0.248. The number of phenols is 1. The molecule has 33 heavy (non-hydrogen) atoms. The molecule has 6 N–H and O–H groups in total. The molecule has 1 aromatic rings. The third-order valence-electron chi connectivity index (χ3n) is 6.75. The molecular formula is C23H21NO9. The predicted octanol–water partition coefficient (Wildman–Crippen LogP) is 0.693. The lowest BCUT2D eigenvalue weighted by molar-refractivity contribution is -0.175. The van der Waals surface area contributed by atoms with Gasteiger partial charge in [0.05, 0.1) is 5.56 Å². The molecule has 1 fully saturated rings. The van der Waals surface area contributed by atoms with Gasteiger partial charge in [0.15, 0.2) is 11.4 Å². The maximum atomic E-state index is 13.6. The Kier molecular flexibility index (Phi) is 4.93. The number of esters is 1. The van der Waals surface area contributed by atoms with Crippen LogP contribution in [-0.4, -0.2) is 55.6 Å². The van der Waals surface area contributed by atoms with Gasteiger partial charge in [-0.15, -0.1) is 0 Å². The number of hydrogen-bond donors (Lipinski definition) is 5. The molecule has 3 aliphatic carbocycles. The van der Waals surface area contributed by atoms with E-state index in [2.05, 4.69) is 6.58 Å². The molecule has 0 bridgehead atoms. The first-order chi connectivity index (χ1) is 15.5. The summed E-state index contributed by atoms with van der Waals surface area (Å²) in [4.78, 5) is 50.2. The zero-order valence-corrected chi connectivity index (χ0v) is 17.4. The van der Waals surface area contributed by atoms with Gasteiger partial charge in [-0.25, -0.2) is 4.79 Å². The summed E-state index contributed by atoms with van der Waals surface area (Å²) in [5.74, 6) is -9.83. The van der Waals surface area contributed by atoms with Gasteiger partial charge in [-0.2, -0.15) is 0 Å². The highest BCUT2D eigenvalue weighted by Gasteiger charge is 2.66. The van der Waals surface area contributed by atoms with Crippen molar-refractivity contribution in [1.29, 1.82) is 0 Å². The average molecular weight is 455 g/mol. The Labute approximate surface area is 187 Å². The standard InChI is InChI=1S/C23H21NO9/c1-3-13(27)33-19-10-7-12(26)16(22(24)31)20(29)23(10,32)21(30)17-14(19)8(2)9-5-4-6-11(25)15(9)18(17)28/h3-6,8,10,14,19,25,28-29,32H,1,7H2,2H3,(H2,24,31)/t8-,10+,14+,19+,23+/m0/s1. The van der Waals surface area contributed by atoms with Crippen molar-refractivity contribution in [3.8, 4) is 5.75 Å². The monoisotopic (exact) mass is 455 g/mol. The van der Waals surface area contributed by atoms with E-state index in [4.69, 9.17) is 10.5 Å². The fourth-order valence-electron chi connectivity index (χ4n) is 5.26. The Morgan fingerprint density at radius 3 is 2.52 bits per heavy atom. The summed E-state index contributed by atoms with van der Waals surface area (Å²) in [7, 11) is 0. The number of carbonyl (C=O) groups excluding carboxylic acids is 4. The minimum Gasteiger partial charge on any atom is -0.508 e. The van der Waals surface area contributed by atoms with Gasteiger partial charge in [0.2, 0.25) is 5.78 Å². The van der Waals surface area contributed by atoms with Gasteiger partial charge < -0.3 is 30.9 Å². The van der Waals surface area contributed by atoms with Crippen LogP contribution in [0.15, 0.2) is 47.8 Å². The number of fused-ring (bicyclic) bond motifs is 3. The van der Waals surface area contributed by atoms with Gasteiger partial charge in [-0.05, 0) is 17.5 Å². The summed E-state index contributed by atoms with van der Waals surface area (Å²) in [5.41, 5.74) is 1.33. The molecule has 0 spiro atoms. The fraction of sp³-hybridized carbons (Fsp3) is 0.304. The lowest BCUT2D eigenvalue weighted by Gasteiger charge is -2.51. The second-order valence-electron chi connectivity index (χ2n) is 8.34. The molecule has 10 nitrogen and oxygen atoms in total. The zero-order valence-electron chi connectivity index (χ0n) is 17.4. The molecule has 0 aliphatic heterocycles. The minimum atomic E-state index is -2.88. The van der Waals surface area contributed by atoms with E-state index in [1.165, 1.54) is 12.1 Å². The van der Waals surface area contributed by atoms with Crippen LogP contribution in [0.5, 0.6) is 5.75 Å². The number of hydrogen-bond acceptors (Lipinski definition) is 9. The van der Waals surface area contributed by atoms with Crippen LogP contribution in [-0.2, 0) is 23.9 Å². The molecule has 0 unspecified atom stereocenters.